The molecule has 0 aromatic heterocycles. The Morgan fingerprint density at radius 2 is 2.17 bits per heavy atom. The quantitative estimate of drug-likeness (QED) is 0.834. The van der Waals surface area contributed by atoms with Crippen molar-refractivity contribution in [1.29, 1.82) is 0 Å². The first kappa shape index (κ1) is 14.3. The van der Waals surface area contributed by atoms with Gasteiger partial charge in [0.1, 0.15) is 0 Å². The molecule has 0 spiro atoms. The van der Waals surface area contributed by atoms with Gasteiger partial charge in [-0.1, -0.05) is 29.8 Å². The van der Waals surface area contributed by atoms with E-state index < -0.39 is 5.97 Å². The molecular weight excluding hydrogens is 256 g/mol. The molecule has 0 bridgehead atoms. The summed E-state index contributed by atoms with van der Waals surface area (Å²) in [5.41, 5.74) is 1.34. The van der Waals surface area contributed by atoms with Gasteiger partial charge in [-0.05, 0) is 23.3 Å². The first-order chi connectivity index (χ1) is 8.52. The molecule has 4 nitrogen and oxygen atoms in total. The Balaban J connectivity index is 2.88. The van der Waals surface area contributed by atoms with Crippen LogP contribution in [-0.4, -0.2) is 24.2 Å². The highest BCUT2D eigenvalue weighted by Gasteiger charge is 2.05. The van der Waals surface area contributed by atoms with Crippen molar-refractivity contribution >= 4 is 29.6 Å². The van der Waals surface area contributed by atoms with Crippen molar-refractivity contribution in [2.75, 3.05) is 7.11 Å². The van der Waals surface area contributed by atoms with Gasteiger partial charge in [-0.25, -0.2) is 0 Å². The number of halogens is 1. The number of hydrogen-bond donors (Lipinski definition) is 1. The van der Waals surface area contributed by atoms with E-state index in [4.69, 9.17) is 16.7 Å². The molecule has 0 radical (unpaired) electrons. The third-order valence-corrected chi connectivity index (χ3v) is 2.49. The first-order valence-electron chi connectivity index (χ1n) is 5.26. The predicted octanol–water partition coefficient (Wildman–Crippen LogP) is 2.54. The number of rotatable bonds is 5. The summed E-state index contributed by atoms with van der Waals surface area (Å²) in [5, 5.41) is 9.30. The molecule has 0 aliphatic rings. The second kappa shape index (κ2) is 6.81. The summed E-state index contributed by atoms with van der Waals surface area (Å²) in [7, 11) is 1.31. The molecule has 1 aromatic carbocycles. The molecule has 5 heteroatoms. The van der Waals surface area contributed by atoms with E-state index in [1.54, 1.807) is 30.4 Å². The number of aliphatic carboxylic acids is 1. The van der Waals surface area contributed by atoms with Gasteiger partial charge in [0.05, 0.1) is 20.0 Å². The van der Waals surface area contributed by atoms with E-state index in [0.29, 0.717) is 16.1 Å². The molecule has 0 amide bonds. The number of carboxylic acid groups (broad SMARTS) is 1. The lowest BCUT2D eigenvalue weighted by Crippen LogP contribution is -2.02. The van der Waals surface area contributed by atoms with Crippen molar-refractivity contribution in [3.8, 4) is 0 Å². The van der Waals surface area contributed by atoms with Crippen molar-refractivity contribution in [2.24, 2.45) is 0 Å². The Morgan fingerprint density at radius 1 is 1.44 bits per heavy atom. The summed E-state index contributed by atoms with van der Waals surface area (Å²) in [5.74, 6) is -1.27. The Bertz CT molecular complexity index is 480. The Labute approximate surface area is 110 Å². The van der Waals surface area contributed by atoms with Crippen LogP contribution in [0.1, 0.15) is 17.5 Å². The van der Waals surface area contributed by atoms with Crippen LogP contribution in [0.2, 0.25) is 5.02 Å². The summed E-state index contributed by atoms with van der Waals surface area (Å²) in [6.07, 6.45) is 3.33. The molecule has 0 atom stereocenters. The minimum atomic E-state index is -0.917. The zero-order valence-electron chi connectivity index (χ0n) is 9.85. The van der Waals surface area contributed by atoms with Gasteiger partial charge in [0, 0.05) is 5.02 Å². The lowest BCUT2D eigenvalue weighted by molar-refractivity contribution is -0.139. The molecule has 1 N–H and O–H groups in total. The highest BCUT2D eigenvalue weighted by molar-refractivity contribution is 6.30. The minimum absolute atomic E-state index is 0.0882. The average Bonchev–Trinajstić information content (AvgIpc) is 2.31. The van der Waals surface area contributed by atoms with E-state index in [-0.39, 0.29) is 18.8 Å². The topological polar surface area (TPSA) is 63.6 Å². The largest absolute Gasteiger partial charge is 0.481 e. The van der Waals surface area contributed by atoms with Crippen LogP contribution >= 0.6 is 11.6 Å². The third kappa shape index (κ3) is 4.59. The summed E-state index contributed by atoms with van der Waals surface area (Å²) >= 11 is 5.85. The normalized spacial score (nSPS) is 10.6. The maximum atomic E-state index is 10.9. The maximum Gasteiger partial charge on any atom is 0.309 e. The third-order valence-electron chi connectivity index (χ3n) is 2.26. The minimum Gasteiger partial charge on any atom is -0.481 e. The molecule has 18 heavy (non-hydrogen) atoms. The van der Waals surface area contributed by atoms with Crippen LogP contribution in [-0.2, 0) is 20.7 Å². The van der Waals surface area contributed by atoms with Gasteiger partial charge in [-0.15, -0.1) is 0 Å². The van der Waals surface area contributed by atoms with Crippen LogP contribution in [0.3, 0.4) is 0 Å². The number of carboxylic acids is 1. The number of carbonyl (C=O) groups is 2. The molecule has 0 heterocycles. The van der Waals surface area contributed by atoms with Gasteiger partial charge in [0.25, 0.3) is 0 Å². The fourth-order valence-electron chi connectivity index (χ4n) is 1.41. The van der Waals surface area contributed by atoms with Gasteiger partial charge in [0.15, 0.2) is 0 Å². The smallest absolute Gasteiger partial charge is 0.309 e. The Hall–Kier alpha value is -1.81. The molecular formula is C13H13ClO4. The van der Waals surface area contributed by atoms with Crippen molar-refractivity contribution in [3.05, 3.63) is 40.4 Å². The van der Waals surface area contributed by atoms with Gasteiger partial charge in [-0.2, -0.15) is 0 Å². The fraction of sp³-hybridized carbons (Fsp3) is 0.231. The lowest BCUT2D eigenvalue weighted by Gasteiger charge is -2.04. The van der Waals surface area contributed by atoms with Gasteiger partial charge >= 0.3 is 11.9 Å². The van der Waals surface area contributed by atoms with Crippen molar-refractivity contribution in [3.63, 3.8) is 0 Å². The van der Waals surface area contributed by atoms with Crippen LogP contribution in [0.15, 0.2) is 24.3 Å². The Kier molecular flexibility index (Phi) is 5.39. The number of methoxy groups -OCH3 is 1. The molecule has 0 unspecified atom stereocenters. The van der Waals surface area contributed by atoms with E-state index in [0.717, 1.165) is 0 Å². The van der Waals surface area contributed by atoms with E-state index >= 15 is 0 Å². The summed E-state index contributed by atoms with van der Waals surface area (Å²) in [6, 6.07) is 4.96. The van der Waals surface area contributed by atoms with E-state index in [1.807, 2.05) is 0 Å². The monoisotopic (exact) mass is 268 g/mol. The van der Waals surface area contributed by atoms with Crippen LogP contribution < -0.4 is 0 Å². The van der Waals surface area contributed by atoms with Crippen LogP contribution in [0.4, 0.5) is 0 Å². The van der Waals surface area contributed by atoms with E-state index in [1.165, 1.54) is 7.11 Å². The predicted molar refractivity (Wildman–Crippen MR) is 68.5 cm³/mol. The summed E-state index contributed by atoms with van der Waals surface area (Å²) < 4.78 is 4.50. The summed E-state index contributed by atoms with van der Waals surface area (Å²) in [4.78, 5) is 21.6. The number of hydrogen-bond acceptors (Lipinski definition) is 3. The first-order valence-corrected chi connectivity index (χ1v) is 5.64. The molecule has 96 valence electrons. The molecule has 0 saturated carbocycles. The standard InChI is InChI=1S/C13H13ClO4/c1-18-13(17)4-2-3-9-7-11(14)6-5-10(9)8-12(15)16/h2-3,5-7H,4,8H2,1H3,(H,15,16). The van der Waals surface area contributed by atoms with Gasteiger partial charge in [-0.3, -0.25) is 9.59 Å². The molecule has 0 saturated heterocycles. The van der Waals surface area contributed by atoms with Crippen molar-refractivity contribution in [1.82, 2.24) is 0 Å². The zero-order chi connectivity index (χ0) is 13.5. The highest BCUT2D eigenvalue weighted by Crippen LogP contribution is 2.18. The van der Waals surface area contributed by atoms with Gasteiger partial charge < -0.3 is 9.84 Å². The molecule has 0 aliphatic heterocycles. The fourth-order valence-corrected chi connectivity index (χ4v) is 1.59. The molecule has 1 rings (SSSR count). The second-order valence-corrected chi connectivity index (χ2v) is 4.03. The van der Waals surface area contributed by atoms with Crippen LogP contribution in [0.5, 0.6) is 0 Å². The number of carbonyl (C=O) groups excluding carboxylic acids is 1. The number of esters is 1. The lowest BCUT2D eigenvalue weighted by atomic mass is 10.0. The number of benzene rings is 1. The molecule has 1 aromatic rings. The number of ether oxygens (including phenoxy) is 1. The molecule has 0 fully saturated rings. The van der Waals surface area contributed by atoms with Crippen LogP contribution in [0.25, 0.3) is 6.08 Å². The molecule has 0 aliphatic carbocycles. The highest BCUT2D eigenvalue weighted by atomic mass is 35.5. The van der Waals surface area contributed by atoms with E-state index in [9.17, 15) is 9.59 Å². The summed E-state index contributed by atoms with van der Waals surface area (Å²) in [6.45, 7) is 0. The van der Waals surface area contributed by atoms with Crippen molar-refractivity contribution in [2.45, 2.75) is 12.8 Å². The van der Waals surface area contributed by atoms with Crippen LogP contribution in [0, 0.1) is 0 Å². The maximum absolute atomic E-state index is 10.9. The SMILES string of the molecule is COC(=O)CC=Cc1cc(Cl)ccc1CC(=O)O. The average molecular weight is 269 g/mol. The second-order valence-electron chi connectivity index (χ2n) is 3.60. The zero-order valence-corrected chi connectivity index (χ0v) is 10.6. The van der Waals surface area contributed by atoms with E-state index in [2.05, 4.69) is 4.74 Å². The van der Waals surface area contributed by atoms with Gasteiger partial charge in [0.2, 0.25) is 0 Å². The Morgan fingerprint density at radius 3 is 2.78 bits per heavy atom. The van der Waals surface area contributed by atoms with Crippen molar-refractivity contribution < 1.29 is 19.4 Å².